The molecule has 1 heterocycles. The zero-order chi connectivity index (χ0) is 19.9. The van der Waals surface area contributed by atoms with Gasteiger partial charge in [-0.1, -0.05) is 12.1 Å². The van der Waals surface area contributed by atoms with Gasteiger partial charge in [0.2, 0.25) is 6.79 Å². The highest BCUT2D eigenvalue weighted by Crippen LogP contribution is 2.33. The Hall–Kier alpha value is -3.22. The molecule has 28 heavy (non-hydrogen) atoms. The molecule has 2 aromatic rings. The minimum atomic E-state index is -0.336. The van der Waals surface area contributed by atoms with Gasteiger partial charge in [0.05, 0.1) is 20.1 Å². The number of hydrogen-bond acceptors (Lipinski definition) is 6. The minimum Gasteiger partial charge on any atom is -0.497 e. The zero-order valence-electron chi connectivity index (χ0n) is 16.0. The number of carbonyl (C=O) groups is 2. The second kappa shape index (κ2) is 9.12. The molecule has 3 rings (SSSR count). The van der Waals surface area contributed by atoms with Crippen molar-refractivity contribution in [2.45, 2.75) is 19.9 Å². The highest BCUT2D eigenvalue weighted by Gasteiger charge is 2.20. The van der Waals surface area contributed by atoms with Gasteiger partial charge in [-0.2, -0.15) is 0 Å². The number of nitrogens with zero attached hydrogens (tertiary/aromatic N) is 1. The number of benzene rings is 2. The predicted octanol–water partition coefficient (Wildman–Crippen LogP) is 3.02. The van der Waals surface area contributed by atoms with Crippen molar-refractivity contribution in [2.75, 3.05) is 27.1 Å². The number of ether oxygens (including phenoxy) is 4. The zero-order valence-corrected chi connectivity index (χ0v) is 16.0. The third-order valence-corrected chi connectivity index (χ3v) is 4.31. The molecule has 0 saturated carbocycles. The summed E-state index contributed by atoms with van der Waals surface area (Å²) in [6, 6.07) is 12.5. The number of methoxy groups -OCH3 is 1. The third-order valence-electron chi connectivity index (χ3n) is 4.31. The van der Waals surface area contributed by atoms with Gasteiger partial charge < -0.3 is 23.8 Å². The van der Waals surface area contributed by atoms with Crippen molar-refractivity contribution < 1.29 is 28.5 Å². The highest BCUT2D eigenvalue weighted by molar-refractivity contribution is 5.94. The van der Waals surface area contributed by atoms with Crippen molar-refractivity contribution in [3.63, 3.8) is 0 Å². The first-order valence-electron chi connectivity index (χ1n) is 9.08. The van der Waals surface area contributed by atoms with Gasteiger partial charge >= 0.3 is 5.97 Å². The first kappa shape index (κ1) is 19.5. The standard InChI is InChI=1S/C21H23NO6/c1-3-26-20(23)9-10-22(21(24)16-5-4-6-17(12-16)25-2)13-15-7-8-18-19(11-15)28-14-27-18/h4-8,11-12H,3,9-10,13-14H2,1-2H3. The van der Waals surface area contributed by atoms with Crippen LogP contribution in [0, 0.1) is 0 Å². The molecule has 0 aliphatic carbocycles. The van der Waals surface area contributed by atoms with Crippen molar-refractivity contribution in [3.05, 3.63) is 53.6 Å². The van der Waals surface area contributed by atoms with Crippen molar-refractivity contribution in [1.82, 2.24) is 4.90 Å². The van der Waals surface area contributed by atoms with Crippen LogP contribution < -0.4 is 14.2 Å². The van der Waals surface area contributed by atoms with Gasteiger partial charge in [-0.05, 0) is 42.8 Å². The number of amides is 1. The molecule has 1 aliphatic rings. The molecule has 1 aliphatic heterocycles. The van der Waals surface area contributed by atoms with Crippen molar-refractivity contribution in [1.29, 1.82) is 0 Å². The summed E-state index contributed by atoms with van der Waals surface area (Å²) in [7, 11) is 1.55. The van der Waals surface area contributed by atoms with Gasteiger partial charge in [0.15, 0.2) is 11.5 Å². The molecule has 0 atom stereocenters. The predicted molar refractivity (Wildman–Crippen MR) is 102 cm³/mol. The summed E-state index contributed by atoms with van der Waals surface area (Å²) in [5.41, 5.74) is 1.37. The van der Waals surface area contributed by atoms with Crippen LogP contribution in [0.15, 0.2) is 42.5 Å². The average Bonchev–Trinajstić information content (AvgIpc) is 3.18. The van der Waals surface area contributed by atoms with Crippen LogP contribution in [0.2, 0.25) is 0 Å². The van der Waals surface area contributed by atoms with Crippen LogP contribution >= 0.6 is 0 Å². The lowest BCUT2D eigenvalue weighted by atomic mass is 10.1. The number of carbonyl (C=O) groups excluding carboxylic acids is 2. The third kappa shape index (κ3) is 4.73. The lowest BCUT2D eigenvalue weighted by Gasteiger charge is -2.23. The fourth-order valence-electron chi connectivity index (χ4n) is 2.91. The molecule has 148 valence electrons. The molecule has 0 aromatic heterocycles. The van der Waals surface area contributed by atoms with Gasteiger partial charge in [-0.3, -0.25) is 9.59 Å². The molecular formula is C21H23NO6. The molecule has 0 fully saturated rings. The Labute approximate surface area is 163 Å². The monoisotopic (exact) mass is 385 g/mol. The number of hydrogen-bond donors (Lipinski definition) is 0. The van der Waals surface area contributed by atoms with Crippen molar-refractivity contribution >= 4 is 11.9 Å². The molecule has 0 radical (unpaired) electrons. The normalized spacial score (nSPS) is 11.8. The number of rotatable bonds is 8. The van der Waals surface area contributed by atoms with E-state index in [1.807, 2.05) is 18.2 Å². The summed E-state index contributed by atoms with van der Waals surface area (Å²) >= 11 is 0. The summed E-state index contributed by atoms with van der Waals surface area (Å²) in [5.74, 6) is 1.40. The molecule has 2 aromatic carbocycles. The Kier molecular flexibility index (Phi) is 6.37. The lowest BCUT2D eigenvalue weighted by Crippen LogP contribution is -2.33. The maximum Gasteiger partial charge on any atom is 0.307 e. The summed E-state index contributed by atoms with van der Waals surface area (Å²) in [4.78, 5) is 26.5. The van der Waals surface area contributed by atoms with Crippen LogP contribution in [0.25, 0.3) is 0 Å². The number of fused-ring (bicyclic) bond motifs is 1. The van der Waals surface area contributed by atoms with Gasteiger partial charge in [0.25, 0.3) is 5.91 Å². The van der Waals surface area contributed by atoms with E-state index in [2.05, 4.69) is 0 Å². The van der Waals surface area contributed by atoms with Crippen LogP contribution in [0.1, 0.15) is 29.3 Å². The van der Waals surface area contributed by atoms with E-state index < -0.39 is 0 Å². The summed E-state index contributed by atoms with van der Waals surface area (Å²) in [6.07, 6.45) is 0.119. The van der Waals surface area contributed by atoms with E-state index in [-0.39, 0.29) is 31.6 Å². The van der Waals surface area contributed by atoms with Crippen LogP contribution in [-0.4, -0.2) is 43.8 Å². The Balaban J connectivity index is 1.79. The van der Waals surface area contributed by atoms with Crippen LogP contribution in [0.5, 0.6) is 17.2 Å². The van der Waals surface area contributed by atoms with Gasteiger partial charge in [0, 0.05) is 18.7 Å². The summed E-state index contributed by atoms with van der Waals surface area (Å²) in [6.45, 7) is 2.82. The van der Waals surface area contributed by atoms with Crippen molar-refractivity contribution in [3.8, 4) is 17.2 Å². The van der Waals surface area contributed by atoms with E-state index in [4.69, 9.17) is 18.9 Å². The topological polar surface area (TPSA) is 74.3 Å². The molecule has 0 saturated heterocycles. The highest BCUT2D eigenvalue weighted by atomic mass is 16.7. The second-order valence-corrected chi connectivity index (χ2v) is 6.20. The fraction of sp³-hybridized carbons (Fsp3) is 0.333. The quantitative estimate of drug-likeness (QED) is 0.651. The van der Waals surface area contributed by atoms with Crippen molar-refractivity contribution in [2.24, 2.45) is 0 Å². The van der Waals surface area contributed by atoms with Crippen LogP contribution in [-0.2, 0) is 16.1 Å². The van der Waals surface area contributed by atoms with E-state index in [0.29, 0.717) is 36.0 Å². The second-order valence-electron chi connectivity index (χ2n) is 6.20. The first-order valence-corrected chi connectivity index (χ1v) is 9.08. The number of esters is 1. The Morgan fingerprint density at radius 1 is 1.11 bits per heavy atom. The molecule has 7 nitrogen and oxygen atoms in total. The lowest BCUT2D eigenvalue weighted by molar-refractivity contribution is -0.143. The summed E-state index contributed by atoms with van der Waals surface area (Å²) < 4.78 is 20.9. The van der Waals surface area contributed by atoms with E-state index in [1.54, 1.807) is 43.2 Å². The molecule has 0 unspecified atom stereocenters. The van der Waals surface area contributed by atoms with E-state index in [9.17, 15) is 9.59 Å². The molecule has 0 spiro atoms. The maximum atomic E-state index is 13.1. The van der Waals surface area contributed by atoms with Gasteiger partial charge in [-0.15, -0.1) is 0 Å². The van der Waals surface area contributed by atoms with Crippen LogP contribution in [0.4, 0.5) is 0 Å². The minimum absolute atomic E-state index is 0.119. The smallest absolute Gasteiger partial charge is 0.307 e. The van der Waals surface area contributed by atoms with E-state index in [0.717, 1.165) is 5.56 Å². The average molecular weight is 385 g/mol. The molecular weight excluding hydrogens is 362 g/mol. The largest absolute Gasteiger partial charge is 0.497 e. The maximum absolute atomic E-state index is 13.1. The molecule has 0 N–H and O–H groups in total. The Morgan fingerprint density at radius 2 is 1.93 bits per heavy atom. The van der Waals surface area contributed by atoms with Gasteiger partial charge in [-0.25, -0.2) is 0 Å². The SMILES string of the molecule is CCOC(=O)CCN(Cc1ccc2c(c1)OCO2)C(=O)c1cccc(OC)c1. The Morgan fingerprint density at radius 3 is 2.71 bits per heavy atom. The molecule has 0 bridgehead atoms. The molecule has 7 heteroatoms. The molecule has 1 amide bonds. The first-order chi connectivity index (χ1) is 13.6. The fourth-order valence-corrected chi connectivity index (χ4v) is 2.91. The van der Waals surface area contributed by atoms with Gasteiger partial charge in [0.1, 0.15) is 5.75 Å². The summed E-state index contributed by atoms with van der Waals surface area (Å²) in [5, 5.41) is 0. The van der Waals surface area contributed by atoms with E-state index in [1.165, 1.54) is 0 Å². The van der Waals surface area contributed by atoms with Crippen LogP contribution in [0.3, 0.4) is 0 Å². The van der Waals surface area contributed by atoms with E-state index >= 15 is 0 Å². The Bertz CT molecular complexity index is 851.